The molecule has 0 unspecified atom stereocenters. The molecule has 0 fully saturated rings. The van der Waals surface area contributed by atoms with Crippen molar-refractivity contribution < 1.29 is 0 Å². The van der Waals surface area contributed by atoms with Crippen molar-refractivity contribution in [2.45, 2.75) is 103 Å². The first kappa shape index (κ1) is 26.1. The van der Waals surface area contributed by atoms with Gasteiger partial charge in [0, 0.05) is 20.9 Å². The fourth-order valence-corrected chi connectivity index (χ4v) is 6.63. The second-order valence-corrected chi connectivity index (χ2v) is 11.7. The molecule has 4 aromatic rings. The minimum absolute atomic E-state index is 0.987. The number of aromatic amines is 1. The summed E-state index contributed by atoms with van der Waals surface area (Å²) < 4.78 is 0. The van der Waals surface area contributed by atoms with E-state index < -0.39 is 0 Å². The number of hydrogen-bond acceptors (Lipinski definition) is 4. The molecule has 4 rings (SSSR count). The molecule has 0 spiro atoms. The van der Waals surface area contributed by atoms with Crippen molar-refractivity contribution in [1.29, 1.82) is 0 Å². The van der Waals surface area contributed by atoms with Crippen LogP contribution in [0.2, 0.25) is 0 Å². The third-order valence-corrected chi connectivity index (χ3v) is 8.82. The van der Waals surface area contributed by atoms with E-state index in [1.54, 1.807) is 22.7 Å². The van der Waals surface area contributed by atoms with E-state index in [-0.39, 0.29) is 0 Å². The third kappa shape index (κ3) is 7.50. The Balaban J connectivity index is 1.25. The molecule has 0 radical (unpaired) electrons. The van der Waals surface area contributed by atoms with E-state index in [0.29, 0.717) is 0 Å². The average Bonchev–Trinajstić information content (AvgIpc) is 3.66. The van der Waals surface area contributed by atoms with E-state index in [4.69, 9.17) is 0 Å². The van der Waals surface area contributed by atoms with Crippen molar-refractivity contribution in [3.05, 3.63) is 46.7 Å². The van der Waals surface area contributed by atoms with Crippen LogP contribution in [0.5, 0.6) is 0 Å². The lowest BCUT2D eigenvalue weighted by Crippen LogP contribution is -1.94. The van der Waals surface area contributed by atoms with Crippen LogP contribution in [0.3, 0.4) is 0 Å². The second-order valence-electron chi connectivity index (χ2n) is 9.78. The maximum atomic E-state index is 4.60. The molecule has 0 saturated carbocycles. The predicted octanol–water partition coefficient (Wildman–Crippen LogP) is 10.4. The largest absolute Gasteiger partial charge is 0.197 e. The molecule has 0 aliphatic rings. The molecule has 1 aromatic carbocycles. The van der Waals surface area contributed by atoms with Crippen LogP contribution in [0, 0.1) is 0 Å². The van der Waals surface area contributed by atoms with Crippen LogP contribution in [-0.2, 0) is 6.42 Å². The van der Waals surface area contributed by atoms with Gasteiger partial charge in [0.2, 0.25) is 0 Å². The maximum Gasteiger partial charge on any atom is 0.122 e. The summed E-state index contributed by atoms with van der Waals surface area (Å²) in [4.78, 5) is 2.56. The minimum Gasteiger partial charge on any atom is -0.197 e. The quantitative estimate of drug-likeness (QED) is 0.144. The van der Waals surface area contributed by atoms with Crippen LogP contribution in [0.25, 0.3) is 31.9 Å². The summed E-state index contributed by atoms with van der Waals surface area (Å²) in [6, 6.07) is 11.0. The van der Waals surface area contributed by atoms with Gasteiger partial charge in [0.05, 0.1) is 0 Å². The van der Waals surface area contributed by atoms with Crippen LogP contribution in [0.1, 0.15) is 102 Å². The van der Waals surface area contributed by atoms with Crippen LogP contribution in [0.15, 0.2) is 41.1 Å². The van der Waals surface area contributed by atoms with E-state index in [1.807, 2.05) is 0 Å². The highest BCUT2D eigenvalue weighted by atomic mass is 32.1. The maximum absolute atomic E-state index is 4.60. The lowest BCUT2D eigenvalue weighted by atomic mass is 9.95. The summed E-state index contributed by atoms with van der Waals surface area (Å²) in [6.45, 7) is 2.29. The molecule has 1 N–H and O–H groups in total. The Labute approximate surface area is 219 Å². The average molecular weight is 508 g/mol. The van der Waals surface area contributed by atoms with Crippen molar-refractivity contribution in [3.63, 3.8) is 0 Å². The summed E-state index contributed by atoms with van der Waals surface area (Å²) in [5.41, 5.74) is 5.90. The van der Waals surface area contributed by atoms with Crippen LogP contribution < -0.4 is 0 Å². The van der Waals surface area contributed by atoms with Crippen molar-refractivity contribution in [2.75, 3.05) is 0 Å². The normalized spacial score (nSPS) is 11.6. The number of thiophene rings is 2. The molecule has 0 amide bonds. The van der Waals surface area contributed by atoms with Gasteiger partial charge in [-0.3, -0.25) is 0 Å². The van der Waals surface area contributed by atoms with E-state index in [0.717, 1.165) is 17.5 Å². The molecule has 3 heterocycles. The number of unbranched alkanes of at least 4 members (excludes halogenated alkanes) is 13. The van der Waals surface area contributed by atoms with Crippen LogP contribution in [-0.4, -0.2) is 15.4 Å². The van der Waals surface area contributed by atoms with Gasteiger partial charge in [-0.2, -0.15) is 15.4 Å². The zero-order chi connectivity index (χ0) is 24.1. The Morgan fingerprint density at radius 1 is 0.657 bits per heavy atom. The summed E-state index contributed by atoms with van der Waals surface area (Å²) in [6.07, 6.45) is 20.6. The Hall–Kier alpha value is -1.98. The number of H-pyrrole nitrogens is 1. The van der Waals surface area contributed by atoms with Crippen molar-refractivity contribution in [2.24, 2.45) is 0 Å². The molecule has 0 bridgehead atoms. The number of fused-ring (bicyclic) bond motifs is 1. The zero-order valence-corrected chi connectivity index (χ0v) is 23.0. The summed E-state index contributed by atoms with van der Waals surface area (Å²) >= 11 is 3.57. The molecule has 0 saturated heterocycles. The minimum atomic E-state index is 0.987. The highest BCUT2D eigenvalue weighted by molar-refractivity contribution is 7.14. The summed E-state index contributed by atoms with van der Waals surface area (Å²) in [7, 11) is 0. The van der Waals surface area contributed by atoms with E-state index in [2.05, 4.69) is 63.4 Å². The topological polar surface area (TPSA) is 41.6 Å². The number of nitrogens with zero attached hydrogens (tertiary/aromatic N) is 2. The molecule has 3 nitrogen and oxygen atoms in total. The number of benzene rings is 1. The first-order valence-corrected chi connectivity index (χ1v) is 15.6. The molecule has 0 aliphatic carbocycles. The van der Waals surface area contributed by atoms with E-state index in [1.165, 1.54) is 116 Å². The van der Waals surface area contributed by atoms with Crippen molar-refractivity contribution >= 4 is 33.7 Å². The number of rotatable bonds is 17. The predicted molar refractivity (Wildman–Crippen MR) is 155 cm³/mol. The van der Waals surface area contributed by atoms with Gasteiger partial charge in [-0.1, -0.05) is 103 Å². The molecule has 3 aromatic heterocycles. The molecule has 188 valence electrons. The molecular weight excluding hydrogens is 466 g/mol. The molecule has 0 atom stereocenters. The smallest absolute Gasteiger partial charge is 0.122 e. The highest BCUT2D eigenvalue weighted by Crippen LogP contribution is 2.40. The van der Waals surface area contributed by atoms with Gasteiger partial charge < -0.3 is 0 Å². The zero-order valence-electron chi connectivity index (χ0n) is 21.4. The van der Waals surface area contributed by atoms with Gasteiger partial charge in [-0.05, 0) is 47.4 Å². The number of nitrogens with one attached hydrogen (secondary N) is 1. The van der Waals surface area contributed by atoms with Gasteiger partial charge in [-0.15, -0.1) is 22.7 Å². The molecule has 0 aliphatic heterocycles. The number of aromatic nitrogens is 3. The van der Waals surface area contributed by atoms with Crippen molar-refractivity contribution in [1.82, 2.24) is 15.4 Å². The van der Waals surface area contributed by atoms with E-state index >= 15 is 0 Å². The Kier molecular flexibility index (Phi) is 10.8. The fraction of sp³-hybridized carbons (Fsp3) is 0.533. The van der Waals surface area contributed by atoms with Crippen LogP contribution in [0.4, 0.5) is 0 Å². The first-order chi connectivity index (χ1) is 17.4. The lowest BCUT2D eigenvalue weighted by Gasteiger charge is -2.12. The van der Waals surface area contributed by atoms with Crippen LogP contribution >= 0.6 is 22.7 Å². The molecule has 5 heteroatoms. The number of aryl methyl sites for hydroxylation is 1. The highest BCUT2D eigenvalue weighted by Gasteiger charge is 2.19. The molecular formula is C30H41N3S2. The Morgan fingerprint density at radius 3 is 1.77 bits per heavy atom. The summed E-state index contributed by atoms with van der Waals surface area (Å²) in [5.74, 6) is 0. The molecule has 35 heavy (non-hydrogen) atoms. The fourth-order valence-electron chi connectivity index (χ4n) is 5.08. The van der Waals surface area contributed by atoms with Gasteiger partial charge in [0.15, 0.2) is 0 Å². The number of hydrogen-bond donors (Lipinski definition) is 1. The third-order valence-electron chi connectivity index (χ3n) is 7.03. The monoisotopic (exact) mass is 507 g/mol. The van der Waals surface area contributed by atoms with Gasteiger partial charge in [0.25, 0.3) is 0 Å². The van der Waals surface area contributed by atoms with Gasteiger partial charge in [-0.25, -0.2) is 0 Å². The SMILES string of the molecule is CCCCCCCCCCCCCCCCc1cc(-c2cccs2)c2n[nH]nc2c1-c1cccs1. The Bertz CT molecular complexity index is 1100. The van der Waals surface area contributed by atoms with Crippen molar-refractivity contribution in [3.8, 4) is 20.9 Å². The van der Waals surface area contributed by atoms with Gasteiger partial charge in [0.1, 0.15) is 11.0 Å². The van der Waals surface area contributed by atoms with Gasteiger partial charge >= 0.3 is 0 Å². The Morgan fingerprint density at radius 2 is 1.20 bits per heavy atom. The summed E-state index contributed by atoms with van der Waals surface area (Å²) in [5, 5.41) is 16.3. The van der Waals surface area contributed by atoms with E-state index in [9.17, 15) is 0 Å². The second kappa shape index (κ2) is 14.5. The standard InChI is InChI=1S/C30H41N3S2/c1-2-3-4-5-6-7-8-9-10-11-12-13-14-15-18-24-23-25(26-19-16-21-34-26)29-30(32-33-31-29)28(24)27-20-17-22-35-27/h16-17,19-23H,2-15,18H2,1H3,(H,31,32,33). The lowest BCUT2D eigenvalue weighted by molar-refractivity contribution is 0.535. The first-order valence-electron chi connectivity index (χ1n) is 13.8.